The predicted octanol–water partition coefficient (Wildman–Crippen LogP) is -0.180. The summed E-state index contributed by atoms with van der Waals surface area (Å²) >= 11 is 0. The van der Waals surface area contributed by atoms with Crippen molar-refractivity contribution in [3.05, 3.63) is 0 Å². The highest BCUT2D eigenvalue weighted by Gasteiger charge is 2.12. The van der Waals surface area contributed by atoms with Crippen LogP contribution in [0.15, 0.2) is 0 Å². The Balaban J connectivity index is 0. The first kappa shape index (κ1) is 13.3. The second kappa shape index (κ2) is 7.78. The van der Waals surface area contributed by atoms with E-state index in [-0.39, 0.29) is 12.4 Å². The zero-order chi connectivity index (χ0) is 7.98. The molecule has 0 bridgehead atoms. The van der Waals surface area contributed by atoms with Gasteiger partial charge in [-0.1, -0.05) is 0 Å². The monoisotopic (exact) mass is 182 g/mol. The lowest BCUT2D eigenvalue weighted by Crippen LogP contribution is -2.34. The number of hydrogen-bond acceptors (Lipinski definition) is 3. The normalized spacial score (nSPS) is 11.8. The number of nitrogens with two attached hydrogens (primary N) is 1. The van der Waals surface area contributed by atoms with Gasteiger partial charge in [0, 0.05) is 0 Å². The average Bonchev–Trinajstić information content (AvgIpc) is 1.89. The molecule has 4 nitrogen and oxygen atoms in total. The molecule has 0 saturated heterocycles. The van der Waals surface area contributed by atoms with E-state index in [0.29, 0.717) is 13.0 Å². The quantitative estimate of drug-likeness (QED) is 0.552. The van der Waals surface area contributed by atoms with Crippen LogP contribution in [0.1, 0.15) is 12.8 Å². The van der Waals surface area contributed by atoms with Crippen LogP contribution in [-0.2, 0) is 4.79 Å². The van der Waals surface area contributed by atoms with Crippen LogP contribution >= 0.6 is 12.4 Å². The molecular weight excluding hydrogens is 168 g/mol. The van der Waals surface area contributed by atoms with Crippen LogP contribution in [0.5, 0.6) is 0 Å². The van der Waals surface area contributed by atoms with E-state index in [4.69, 9.17) is 10.8 Å². The number of hydrogen-bond donors (Lipinski definition) is 3. The second-order valence-corrected chi connectivity index (χ2v) is 2.11. The minimum Gasteiger partial charge on any atom is -0.480 e. The minimum absolute atomic E-state index is 0. The van der Waals surface area contributed by atoms with Gasteiger partial charge in [-0.3, -0.25) is 4.79 Å². The third-order valence-electron chi connectivity index (χ3n) is 1.34. The number of carboxylic acid groups (broad SMARTS) is 1. The number of rotatable bonds is 5. The summed E-state index contributed by atoms with van der Waals surface area (Å²) in [6.45, 7) is 0.547. The minimum atomic E-state index is -0.809. The van der Waals surface area contributed by atoms with Gasteiger partial charge >= 0.3 is 5.97 Å². The molecule has 4 N–H and O–H groups in total. The van der Waals surface area contributed by atoms with Gasteiger partial charge in [0.1, 0.15) is 6.04 Å². The van der Waals surface area contributed by atoms with Crippen molar-refractivity contribution in [2.24, 2.45) is 5.73 Å². The fraction of sp³-hybridized carbons (Fsp3) is 0.833. The molecule has 0 aliphatic heterocycles. The largest absolute Gasteiger partial charge is 0.480 e. The molecule has 0 aromatic rings. The van der Waals surface area contributed by atoms with Gasteiger partial charge in [-0.25, -0.2) is 0 Å². The van der Waals surface area contributed by atoms with E-state index in [1.54, 1.807) is 7.05 Å². The Morgan fingerprint density at radius 1 is 1.73 bits per heavy atom. The SMILES string of the molecule is CNC(CCCN)C(=O)O.Cl. The highest BCUT2D eigenvalue weighted by atomic mass is 35.5. The van der Waals surface area contributed by atoms with E-state index >= 15 is 0 Å². The summed E-state index contributed by atoms with van der Waals surface area (Å²) in [5.41, 5.74) is 5.21. The van der Waals surface area contributed by atoms with Gasteiger partial charge in [0.25, 0.3) is 0 Å². The summed E-state index contributed by atoms with van der Waals surface area (Å²) in [5, 5.41) is 11.2. The van der Waals surface area contributed by atoms with Crippen LogP contribution in [-0.4, -0.2) is 30.7 Å². The molecule has 5 heteroatoms. The fourth-order valence-corrected chi connectivity index (χ4v) is 0.713. The predicted molar refractivity (Wildman–Crippen MR) is 46.0 cm³/mol. The Morgan fingerprint density at radius 3 is 2.55 bits per heavy atom. The Bertz CT molecular complexity index is 111. The van der Waals surface area contributed by atoms with Crippen LogP contribution in [0.3, 0.4) is 0 Å². The van der Waals surface area contributed by atoms with Crippen LogP contribution in [0.4, 0.5) is 0 Å². The Morgan fingerprint density at radius 2 is 2.27 bits per heavy atom. The summed E-state index contributed by atoms with van der Waals surface area (Å²) in [6, 6.07) is -0.441. The lowest BCUT2D eigenvalue weighted by molar-refractivity contribution is -0.139. The molecule has 0 aliphatic carbocycles. The molecular formula is C6H15ClN2O2. The maximum absolute atomic E-state index is 10.3. The van der Waals surface area contributed by atoms with Gasteiger partial charge in [-0.2, -0.15) is 0 Å². The van der Waals surface area contributed by atoms with E-state index in [1.807, 2.05) is 0 Å². The standard InChI is InChI=1S/C6H14N2O2.ClH/c1-8-5(6(9)10)3-2-4-7;/h5,8H,2-4,7H2,1H3,(H,9,10);1H. The van der Waals surface area contributed by atoms with E-state index in [0.717, 1.165) is 6.42 Å². The maximum atomic E-state index is 10.3. The number of halogens is 1. The first-order chi connectivity index (χ1) is 4.72. The van der Waals surface area contributed by atoms with Crippen LogP contribution in [0.25, 0.3) is 0 Å². The molecule has 0 aromatic carbocycles. The van der Waals surface area contributed by atoms with Gasteiger partial charge in [-0.15, -0.1) is 12.4 Å². The maximum Gasteiger partial charge on any atom is 0.320 e. The van der Waals surface area contributed by atoms with Crippen molar-refractivity contribution in [2.75, 3.05) is 13.6 Å². The molecule has 0 radical (unpaired) electrons. The van der Waals surface area contributed by atoms with Crippen molar-refractivity contribution < 1.29 is 9.90 Å². The summed E-state index contributed by atoms with van der Waals surface area (Å²) in [6.07, 6.45) is 1.35. The first-order valence-corrected chi connectivity index (χ1v) is 3.32. The van der Waals surface area contributed by atoms with E-state index in [9.17, 15) is 4.79 Å². The Hall–Kier alpha value is -0.320. The van der Waals surface area contributed by atoms with E-state index in [2.05, 4.69) is 5.32 Å². The zero-order valence-corrected chi connectivity index (χ0v) is 7.36. The van der Waals surface area contributed by atoms with Crippen molar-refractivity contribution in [1.82, 2.24) is 5.32 Å². The molecule has 0 saturated carbocycles. The van der Waals surface area contributed by atoms with Crippen LogP contribution < -0.4 is 11.1 Å². The first-order valence-electron chi connectivity index (χ1n) is 3.32. The third-order valence-corrected chi connectivity index (χ3v) is 1.34. The van der Waals surface area contributed by atoms with Crippen LogP contribution in [0.2, 0.25) is 0 Å². The van der Waals surface area contributed by atoms with Crippen molar-refractivity contribution in [3.8, 4) is 0 Å². The van der Waals surface area contributed by atoms with Crippen molar-refractivity contribution >= 4 is 18.4 Å². The van der Waals surface area contributed by atoms with E-state index in [1.165, 1.54) is 0 Å². The highest BCUT2D eigenvalue weighted by molar-refractivity contribution is 5.85. The number of carboxylic acids is 1. The van der Waals surface area contributed by atoms with Crippen molar-refractivity contribution in [3.63, 3.8) is 0 Å². The number of likely N-dealkylation sites (N-methyl/N-ethyl adjacent to an activating group) is 1. The van der Waals surface area contributed by atoms with Crippen LogP contribution in [0, 0.1) is 0 Å². The van der Waals surface area contributed by atoms with E-state index < -0.39 is 12.0 Å². The number of carbonyl (C=O) groups is 1. The summed E-state index contributed by atoms with van der Waals surface area (Å²) in [5.74, 6) is -0.809. The number of aliphatic carboxylic acids is 1. The van der Waals surface area contributed by atoms with Gasteiger partial charge in [0.05, 0.1) is 0 Å². The molecule has 11 heavy (non-hydrogen) atoms. The second-order valence-electron chi connectivity index (χ2n) is 2.11. The van der Waals surface area contributed by atoms with Gasteiger partial charge in [-0.05, 0) is 26.4 Å². The lowest BCUT2D eigenvalue weighted by atomic mass is 10.1. The highest BCUT2D eigenvalue weighted by Crippen LogP contribution is 1.94. The molecule has 0 heterocycles. The molecule has 1 atom stereocenters. The molecule has 0 amide bonds. The summed E-state index contributed by atoms with van der Waals surface area (Å²) in [7, 11) is 1.63. The van der Waals surface area contributed by atoms with Gasteiger partial charge < -0.3 is 16.2 Å². The number of nitrogens with one attached hydrogen (secondary N) is 1. The smallest absolute Gasteiger partial charge is 0.320 e. The molecule has 1 unspecified atom stereocenters. The third kappa shape index (κ3) is 6.09. The van der Waals surface area contributed by atoms with Gasteiger partial charge in [0.15, 0.2) is 0 Å². The zero-order valence-electron chi connectivity index (χ0n) is 6.54. The average molecular weight is 183 g/mol. The molecule has 0 aliphatic rings. The van der Waals surface area contributed by atoms with Crippen molar-refractivity contribution in [2.45, 2.75) is 18.9 Å². The Labute approximate surface area is 72.6 Å². The lowest BCUT2D eigenvalue weighted by Gasteiger charge is -2.08. The molecule has 0 spiro atoms. The summed E-state index contributed by atoms with van der Waals surface area (Å²) in [4.78, 5) is 10.3. The molecule has 0 aromatic heterocycles. The summed E-state index contributed by atoms with van der Waals surface area (Å²) < 4.78 is 0. The molecule has 68 valence electrons. The Kier molecular flexibility index (Phi) is 9.40. The topological polar surface area (TPSA) is 75.3 Å². The molecule has 0 rings (SSSR count). The van der Waals surface area contributed by atoms with Crippen molar-refractivity contribution in [1.29, 1.82) is 0 Å². The van der Waals surface area contributed by atoms with Gasteiger partial charge in [0.2, 0.25) is 0 Å². The fourth-order valence-electron chi connectivity index (χ4n) is 0.713. The molecule has 0 fully saturated rings.